The lowest BCUT2D eigenvalue weighted by Crippen LogP contribution is -2.45. The number of carbonyl (C=O) groups is 2. The molecule has 0 saturated heterocycles. The summed E-state index contributed by atoms with van der Waals surface area (Å²) in [5, 5.41) is 18.0. The molecule has 1 saturated carbocycles. The largest absolute Gasteiger partial charge is 0.480 e. The molecular formula is C15H26N6O4. The summed E-state index contributed by atoms with van der Waals surface area (Å²) in [4.78, 5) is 27.3. The Hall–Kier alpha value is -2.20. The Morgan fingerprint density at radius 1 is 1.32 bits per heavy atom. The van der Waals surface area contributed by atoms with Crippen molar-refractivity contribution in [3.8, 4) is 0 Å². The second-order valence-corrected chi connectivity index (χ2v) is 6.38. The number of unbranched alkanes of at least 4 members (excludes halogenated alkanes) is 1. The van der Waals surface area contributed by atoms with Gasteiger partial charge in [-0.1, -0.05) is 18.0 Å². The van der Waals surface area contributed by atoms with Crippen LogP contribution >= 0.6 is 0 Å². The minimum atomic E-state index is -1.08. The topological polar surface area (TPSA) is 169 Å². The summed E-state index contributed by atoms with van der Waals surface area (Å²) in [6.07, 6.45) is 5.33. The Morgan fingerprint density at radius 3 is 2.68 bits per heavy atom. The smallest absolute Gasteiger partial charge is 0.326 e. The van der Waals surface area contributed by atoms with Gasteiger partial charge < -0.3 is 31.7 Å². The van der Waals surface area contributed by atoms with E-state index in [1.165, 1.54) is 0 Å². The number of nitrogens with one attached hydrogen (secondary N) is 2. The van der Waals surface area contributed by atoms with Crippen LogP contribution in [-0.2, 0) is 16.9 Å². The lowest BCUT2D eigenvalue weighted by Gasteiger charge is -2.17. The van der Waals surface area contributed by atoms with Crippen LogP contribution in [0.4, 0.5) is 4.79 Å². The highest BCUT2D eigenvalue weighted by Gasteiger charge is 2.35. The Labute approximate surface area is 145 Å². The summed E-state index contributed by atoms with van der Waals surface area (Å²) in [6, 6.07) is -1.57. The lowest BCUT2D eigenvalue weighted by atomic mass is 9.99. The average Bonchev–Trinajstić information content (AvgIpc) is 3.22. The van der Waals surface area contributed by atoms with Gasteiger partial charge in [-0.05, 0) is 38.6 Å². The molecule has 1 heterocycles. The number of nitrogens with zero attached hydrogens (tertiary/aromatic N) is 2. The molecule has 2 amide bonds. The Balaban J connectivity index is 1.81. The minimum absolute atomic E-state index is 0.00402. The van der Waals surface area contributed by atoms with Crippen LogP contribution in [0.25, 0.3) is 0 Å². The van der Waals surface area contributed by atoms with Crippen LogP contribution in [0.15, 0.2) is 4.52 Å². The van der Waals surface area contributed by atoms with Crippen molar-refractivity contribution < 1.29 is 19.2 Å². The van der Waals surface area contributed by atoms with Crippen LogP contribution in [0.1, 0.15) is 56.7 Å². The zero-order chi connectivity index (χ0) is 18.3. The summed E-state index contributed by atoms with van der Waals surface area (Å²) in [5.74, 6) is -0.400. The molecule has 1 aromatic heterocycles. The normalized spacial score (nSPS) is 17.2. The van der Waals surface area contributed by atoms with E-state index in [1.807, 2.05) is 0 Å². The number of carboxylic acid groups (broad SMARTS) is 1. The van der Waals surface area contributed by atoms with Crippen LogP contribution in [0.5, 0.6) is 0 Å². The monoisotopic (exact) mass is 354 g/mol. The third kappa shape index (κ3) is 5.40. The molecule has 1 aromatic rings. The average molecular weight is 354 g/mol. The summed E-state index contributed by atoms with van der Waals surface area (Å²) < 4.78 is 5.11. The molecule has 0 aliphatic heterocycles. The molecule has 0 aromatic carbocycles. The van der Waals surface area contributed by atoms with Gasteiger partial charge in [0.15, 0.2) is 5.82 Å². The molecule has 1 aliphatic carbocycles. The van der Waals surface area contributed by atoms with Crippen molar-refractivity contribution in [3.05, 3.63) is 11.7 Å². The lowest BCUT2D eigenvalue weighted by molar-refractivity contribution is -0.139. The molecule has 10 nitrogen and oxygen atoms in total. The first-order chi connectivity index (χ1) is 11.9. The predicted octanol–water partition coefficient (Wildman–Crippen LogP) is 0.179. The van der Waals surface area contributed by atoms with Crippen molar-refractivity contribution in [2.24, 2.45) is 11.5 Å². The maximum absolute atomic E-state index is 11.9. The summed E-state index contributed by atoms with van der Waals surface area (Å²) >= 11 is 0. The van der Waals surface area contributed by atoms with Crippen LogP contribution in [0.3, 0.4) is 0 Å². The first kappa shape index (κ1) is 19.1. The third-order valence-electron chi connectivity index (χ3n) is 4.36. The number of aromatic nitrogens is 2. The number of hydrogen-bond donors (Lipinski definition) is 5. The number of carbonyl (C=O) groups excluding carboxylic acids is 1. The fourth-order valence-electron chi connectivity index (χ4n) is 2.87. The van der Waals surface area contributed by atoms with Crippen LogP contribution in [-0.4, -0.2) is 39.8 Å². The summed E-state index contributed by atoms with van der Waals surface area (Å²) in [7, 11) is 0. The van der Waals surface area contributed by atoms with E-state index in [4.69, 9.17) is 21.1 Å². The van der Waals surface area contributed by atoms with E-state index in [-0.39, 0.29) is 12.4 Å². The molecular weight excluding hydrogens is 328 g/mol. The zero-order valence-electron chi connectivity index (χ0n) is 14.2. The maximum Gasteiger partial charge on any atom is 0.326 e. The second kappa shape index (κ2) is 8.77. The van der Waals surface area contributed by atoms with Gasteiger partial charge >= 0.3 is 12.0 Å². The molecule has 0 radical (unpaired) electrons. The molecule has 1 fully saturated rings. The number of nitrogens with two attached hydrogens (primary N) is 2. The van der Waals surface area contributed by atoms with Gasteiger partial charge in [-0.2, -0.15) is 4.98 Å². The third-order valence-corrected chi connectivity index (χ3v) is 4.36. The van der Waals surface area contributed by atoms with Gasteiger partial charge in [0.05, 0.1) is 12.1 Å². The van der Waals surface area contributed by atoms with Crippen molar-refractivity contribution in [1.82, 2.24) is 20.8 Å². The molecule has 0 spiro atoms. The van der Waals surface area contributed by atoms with Gasteiger partial charge in [-0.15, -0.1) is 0 Å². The highest BCUT2D eigenvalue weighted by Crippen LogP contribution is 2.34. The SMILES string of the molecule is NCCCCC(NC(=O)NCc1nc(C2(N)CCCC2)no1)C(=O)O. The van der Waals surface area contributed by atoms with E-state index >= 15 is 0 Å². The molecule has 0 bridgehead atoms. The fourth-order valence-corrected chi connectivity index (χ4v) is 2.87. The molecule has 1 atom stereocenters. The Kier molecular flexibility index (Phi) is 6.71. The van der Waals surface area contributed by atoms with E-state index in [9.17, 15) is 9.59 Å². The van der Waals surface area contributed by atoms with Crippen molar-refractivity contribution in [3.63, 3.8) is 0 Å². The van der Waals surface area contributed by atoms with Crippen molar-refractivity contribution >= 4 is 12.0 Å². The number of hydrogen-bond acceptors (Lipinski definition) is 7. The predicted molar refractivity (Wildman–Crippen MR) is 88.3 cm³/mol. The number of urea groups is 1. The quantitative estimate of drug-likeness (QED) is 0.391. The molecule has 140 valence electrons. The molecule has 7 N–H and O–H groups in total. The number of rotatable bonds is 9. The van der Waals surface area contributed by atoms with Crippen LogP contribution in [0, 0.1) is 0 Å². The number of carboxylic acids is 1. The zero-order valence-corrected chi connectivity index (χ0v) is 14.2. The molecule has 25 heavy (non-hydrogen) atoms. The fraction of sp³-hybridized carbons (Fsp3) is 0.733. The standard InChI is InChI=1S/C15H26N6O4/c16-8-4-1-5-10(12(22)23)19-14(24)18-9-11-20-13(21-25-11)15(17)6-2-3-7-15/h10H,1-9,16-17H2,(H,22,23)(H2,18,19,24). The molecule has 10 heteroatoms. The first-order valence-electron chi connectivity index (χ1n) is 8.54. The van der Waals surface area contributed by atoms with E-state index in [0.29, 0.717) is 31.6 Å². The summed E-state index contributed by atoms with van der Waals surface area (Å²) in [5.41, 5.74) is 11.1. The highest BCUT2D eigenvalue weighted by atomic mass is 16.5. The van der Waals surface area contributed by atoms with Gasteiger partial charge in [0.2, 0.25) is 5.89 Å². The summed E-state index contributed by atoms with van der Waals surface area (Å²) in [6.45, 7) is 0.491. The maximum atomic E-state index is 11.9. The van der Waals surface area contributed by atoms with E-state index in [1.54, 1.807) is 0 Å². The van der Waals surface area contributed by atoms with Crippen LogP contribution in [0.2, 0.25) is 0 Å². The minimum Gasteiger partial charge on any atom is -0.480 e. The number of aliphatic carboxylic acids is 1. The molecule has 2 rings (SSSR count). The van der Waals surface area contributed by atoms with Crippen LogP contribution < -0.4 is 22.1 Å². The van der Waals surface area contributed by atoms with Gasteiger partial charge in [0, 0.05) is 0 Å². The van der Waals surface area contributed by atoms with Gasteiger partial charge in [0.25, 0.3) is 0 Å². The van der Waals surface area contributed by atoms with E-state index in [2.05, 4.69) is 20.8 Å². The van der Waals surface area contributed by atoms with Crippen molar-refractivity contribution in [1.29, 1.82) is 0 Å². The van der Waals surface area contributed by atoms with E-state index in [0.717, 1.165) is 25.7 Å². The van der Waals surface area contributed by atoms with Crippen molar-refractivity contribution in [2.45, 2.75) is 63.1 Å². The number of amides is 2. The Morgan fingerprint density at radius 2 is 2.04 bits per heavy atom. The van der Waals surface area contributed by atoms with E-state index < -0.39 is 23.6 Å². The van der Waals surface area contributed by atoms with Crippen molar-refractivity contribution in [2.75, 3.05) is 6.54 Å². The van der Waals surface area contributed by atoms with Gasteiger partial charge in [-0.25, -0.2) is 9.59 Å². The second-order valence-electron chi connectivity index (χ2n) is 6.38. The van der Waals surface area contributed by atoms with Gasteiger partial charge in [-0.3, -0.25) is 0 Å². The first-order valence-corrected chi connectivity index (χ1v) is 8.54. The Bertz CT molecular complexity index is 584. The molecule has 1 aliphatic rings. The molecule has 1 unspecified atom stereocenters. The highest BCUT2D eigenvalue weighted by molar-refractivity contribution is 5.82. The van der Waals surface area contributed by atoms with Gasteiger partial charge in [0.1, 0.15) is 6.04 Å².